The van der Waals surface area contributed by atoms with Gasteiger partial charge in [-0.05, 0) is 38.1 Å². The molecule has 114 valence electrons. The van der Waals surface area contributed by atoms with E-state index in [0.29, 0.717) is 5.69 Å². The Labute approximate surface area is 124 Å². The molecule has 1 aliphatic rings. The lowest BCUT2D eigenvalue weighted by Gasteiger charge is -2.36. The zero-order valence-electron chi connectivity index (χ0n) is 12.4. The highest BCUT2D eigenvalue weighted by atomic mass is 16.5. The van der Waals surface area contributed by atoms with Gasteiger partial charge in [-0.1, -0.05) is 0 Å². The van der Waals surface area contributed by atoms with Gasteiger partial charge in [0.05, 0.1) is 17.9 Å². The summed E-state index contributed by atoms with van der Waals surface area (Å²) in [5.74, 6) is -0.0690. The largest absolute Gasteiger partial charge is 0.372 e. The second-order valence-corrected chi connectivity index (χ2v) is 5.19. The van der Waals surface area contributed by atoms with Crippen LogP contribution in [-0.2, 0) is 4.74 Å². The molecule has 0 spiro atoms. The van der Waals surface area contributed by atoms with Gasteiger partial charge in [0.2, 0.25) is 5.96 Å². The first-order valence-electron chi connectivity index (χ1n) is 6.88. The zero-order valence-corrected chi connectivity index (χ0v) is 12.4. The van der Waals surface area contributed by atoms with Crippen LogP contribution >= 0.6 is 0 Å². The van der Waals surface area contributed by atoms with E-state index < -0.39 is 0 Å². The van der Waals surface area contributed by atoms with Crippen LogP contribution in [-0.4, -0.2) is 37.2 Å². The van der Waals surface area contributed by atoms with Crippen molar-refractivity contribution >= 4 is 23.3 Å². The minimum absolute atomic E-state index is 0.0383. The fourth-order valence-electron chi connectivity index (χ4n) is 2.42. The lowest BCUT2D eigenvalue weighted by atomic mass is 10.2. The van der Waals surface area contributed by atoms with Crippen LogP contribution in [0.3, 0.4) is 0 Å². The molecule has 2 unspecified atom stereocenters. The minimum Gasteiger partial charge on any atom is -0.372 e. The maximum Gasteiger partial charge on any atom is 0.223 e. The lowest BCUT2D eigenvalue weighted by molar-refractivity contribution is -0.00521. The third-order valence-electron chi connectivity index (χ3n) is 3.12. The van der Waals surface area contributed by atoms with E-state index in [4.69, 9.17) is 21.9 Å². The standard InChI is InChI=1S/C14H22N6O/c1-9-7-20(8-10(2)21-9)12-5-3-11(4-6-12)18-14(17)19-13(15)16/h3-6,9-10H,7-8H2,1-2H3,(H6,15,16,17,18,19). The van der Waals surface area contributed by atoms with Crippen molar-refractivity contribution in [2.24, 2.45) is 27.2 Å². The second-order valence-electron chi connectivity index (χ2n) is 5.19. The summed E-state index contributed by atoms with van der Waals surface area (Å²) in [5.41, 5.74) is 17.9. The van der Waals surface area contributed by atoms with Crippen molar-refractivity contribution in [3.8, 4) is 0 Å². The van der Waals surface area contributed by atoms with Gasteiger partial charge in [0, 0.05) is 18.8 Å². The van der Waals surface area contributed by atoms with Gasteiger partial charge < -0.3 is 26.8 Å². The highest BCUT2D eigenvalue weighted by Gasteiger charge is 2.22. The maximum atomic E-state index is 5.73. The topological polar surface area (TPSA) is 115 Å². The molecular weight excluding hydrogens is 268 g/mol. The first-order valence-corrected chi connectivity index (χ1v) is 6.88. The summed E-state index contributed by atoms with van der Waals surface area (Å²) in [5, 5.41) is 0. The fourth-order valence-corrected chi connectivity index (χ4v) is 2.42. The molecule has 2 rings (SSSR count). The van der Waals surface area contributed by atoms with E-state index in [1.54, 1.807) is 0 Å². The van der Waals surface area contributed by atoms with E-state index in [1.165, 1.54) is 0 Å². The Morgan fingerprint density at radius 3 is 2.19 bits per heavy atom. The van der Waals surface area contributed by atoms with Crippen LogP contribution in [0.15, 0.2) is 34.3 Å². The molecule has 0 aliphatic carbocycles. The summed E-state index contributed by atoms with van der Waals surface area (Å²) in [6.45, 7) is 5.92. The number of ether oxygens (including phenoxy) is 1. The van der Waals surface area contributed by atoms with Gasteiger partial charge >= 0.3 is 0 Å². The Kier molecular flexibility index (Phi) is 4.64. The Morgan fingerprint density at radius 1 is 1.10 bits per heavy atom. The number of nitrogens with two attached hydrogens (primary N) is 3. The molecule has 0 saturated carbocycles. The first kappa shape index (κ1) is 15.1. The first-order chi connectivity index (χ1) is 9.94. The van der Waals surface area contributed by atoms with Crippen molar-refractivity contribution in [1.29, 1.82) is 0 Å². The van der Waals surface area contributed by atoms with Crippen LogP contribution in [0.5, 0.6) is 0 Å². The van der Waals surface area contributed by atoms with E-state index in [1.807, 2.05) is 24.3 Å². The molecule has 7 heteroatoms. The number of morpholine rings is 1. The molecule has 1 saturated heterocycles. The molecule has 1 fully saturated rings. The van der Waals surface area contributed by atoms with Crippen LogP contribution < -0.4 is 22.1 Å². The Hall–Kier alpha value is -2.28. The summed E-state index contributed by atoms with van der Waals surface area (Å²) in [6.07, 6.45) is 0.452. The molecule has 21 heavy (non-hydrogen) atoms. The van der Waals surface area contributed by atoms with Crippen molar-refractivity contribution in [2.75, 3.05) is 18.0 Å². The molecular formula is C14H22N6O. The number of aliphatic imine (C=N–C) groups is 2. The van der Waals surface area contributed by atoms with Crippen molar-refractivity contribution in [2.45, 2.75) is 26.1 Å². The number of hydrogen-bond acceptors (Lipinski definition) is 3. The minimum atomic E-state index is -0.107. The van der Waals surface area contributed by atoms with Gasteiger partial charge in [-0.3, -0.25) is 0 Å². The summed E-state index contributed by atoms with van der Waals surface area (Å²) in [4.78, 5) is 10.1. The molecule has 0 amide bonds. The fraction of sp³-hybridized carbons (Fsp3) is 0.429. The molecule has 7 nitrogen and oxygen atoms in total. The van der Waals surface area contributed by atoms with Crippen LogP contribution in [0.1, 0.15) is 13.8 Å². The third kappa shape index (κ3) is 4.35. The van der Waals surface area contributed by atoms with Crippen LogP contribution in [0.25, 0.3) is 0 Å². The van der Waals surface area contributed by atoms with Gasteiger partial charge in [-0.2, -0.15) is 4.99 Å². The van der Waals surface area contributed by atoms with Gasteiger partial charge in [-0.15, -0.1) is 0 Å². The van der Waals surface area contributed by atoms with Crippen molar-refractivity contribution in [1.82, 2.24) is 0 Å². The van der Waals surface area contributed by atoms with Crippen LogP contribution in [0.2, 0.25) is 0 Å². The summed E-state index contributed by atoms with van der Waals surface area (Å²) in [6, 6.07) is 7.78. The van der Waals surface area contributed by atoms with E-state index in [-0.39, 0.29) is 24.1 Å². The predicted molar refractivity (Wildman–Crippen MR) is 85.8 cm³/mol. The number of anilines is 1. The zero-order chi connectivity index (χ0) is 15.4. The highest BCUT2D eigenvalue weighted by molar-refractivity contribution is 5.93. The molecule has 1 heterocycles. The van der Waals surface area contributed by atoms with Gasteiger partial charge in [0.1, 0.15) is 0 Å². The van der Waals surface area contributed by atoms with Crippen LogP contribution in [0.4, 0.5) is 11.4 Å². The van der Waals surface area contributed by atoms with E-state index in [9.17, 15) is 0 Å². The average Bonchev–Trinajstić information content (AvgIpc) is 2.37. The molecule has 2 atom stereocenters. The molecule has 6 N–H and O–H groups in total. The lowest BCUT2D eigenvalue weighted by Crippen LogP contribution is -2.45. The Bertz CT molecular complexity index is 525. The van der Waals surface area contributed by atoms with Gasteiger partial charge in [0.15, 0.2) is 5.96 Å². The van der Waals surface area contributed by atoms with E-state index in [0.717, 1.165) is 18.8 Å². The number of rotatable bonds is 2. The SMILES string of the molecule is CC1CN(c2ccc(N=C(N)N=C(N)N)cc2)CC(C)O1. The molecule has 1 aromatic rings. The summed E-state index contributed by atoms with van der Waals surface area (Å²) >= 11 is 0. The van der Waals surface area contributed by atoms with E-state index in [2.05, 4.69) is 28.7 Å². The van der Waals surface area contributed by atoms with Gasteiger partial charge in [0.25, 0.3) is 0 Å². The van der Waals surface area contributed by atoms with Crippen molar-refractivity contribution < 1.29 is 4.74 Å². The Morgan fingerprint density at radius 2 is 1.67 bits per heavy atom. The van der Waals surface area contributed by atoms with Crippen molar-refractivity contribution in [3.05, 3.63) is 24.3 Å². The molecule has 1 aromatic carbocycles. The predicted octanol–water partition coefficient (Wildman–Crippen LogP) is 0.520. The summed E-state index contributed by atoms with van der Waals surface area (Å²) < 4.78 is 5.73. The quantitative estimate of drug-likeness (QED) is 0.542. The average molecular weight is 290 g/mol. The molecule has 1 aliphatic heterocycles. The molecule has 0 radical (unpaired) electrons. The smallest absolute Gasteiger partial charge is 0.223 e. The second kappa shape index (κ2) is 6.45. The monoisotopic (exact) mass is 290 g/mol. The normalized spacial score (nSPS) is 23.0. The molecule has 0 bridgehead atoms. The third-order valence-corrected chi connectivity index (χ3v) is 3.12. The number of nitrogens with zero attached hydrogens (tertiary/aromatic N) is 3. The number of guanidine groups is 2. The molecule has 0 aromatic heterocycles. The maximum absolute atomic E-state index is 5.73. The number of benzene rings is 1. The Balaban J connectivity index is 2.10. The summed E-state index contributed by atoms with van der Waals surface area (Å²) in [7, 11) is 0. The highest BCUT2D eigenvalue weighted by Crippen LogP contribution is 2.23. The number of hydrogen-bond donors (Lipinski definition) is 3. The van der Waals surface area contributed by atoms with Crippen molar-refractivity contribution in [3.63, 3.8) is 0 Å². The van der Waals surface area contributed by atoms with E-state index >= 15 is 0 Å². The van der Waals surface area contributed by atoms with Crippen LogP contribution in [0, 0.1) is 0 Å². The van der Waals surface area contributed by atoms with Gasteiger partial charge in [-0.25, -0.2) is 4.99 Å².